The van der Waals surface area contributed by atoms with Crippen molar-refractivity contribution < 1.29 is 9.50 Å². The van der Waals surface area contributed by atoms with E-state index >= 15 is 0 Å². The van der Waals surface area contributed by atoms with Crippen LogP contribution in [0.25, 0.3) is 0 Å². The molecule has 0 saturated carbocycles. The first-order chi connectivity index (χ1) is 6.63. The van der Waals surface area contributed by atoms with Crippen molar-refractivity contribution in [3.63, 3.8) is 0 Å². The van der Waals surface area contributed by atoms with Gasteiger partial charge in [0.25, 0.3) is 0 Å². The zero-order valence-corrected chi connectivity index (χ0v) is 9.51. The second-order valence-corrected chi connectivity index (χ2v) is 4.07. The number of nitrogens with one attached hydrogen (secondary N) is 1. The van der Waals surface area contributed by atoms with Crippen molar-refractivity contribution in [3.8, 4) is 0 Å². The molecule has 0 aromatic heterocycles. The molecule has 0 unspecified atom stereocenters. The van der Waals surface area contributed by atoms with Gasteiger partial charge in [-0.3, -0.25) is 0 Å². The summed E-state index contributed by atoms with van der Waals surface area (Å²) in [6.45, 7) is 2.51. The molecule has 1 atom stereocenters. The Balaban J connectivity index is 2.55. The molecule has 1 aromatic carbocycles. The van der Waals surface area contributed by atoms with Gasteiger partial charge >= 0.3 is 0 Å². The average molecular weight is 262 g/mol. The van der Waals surface area contributed by atoms with Crippen LogP contribution >= 0.6 is 15.9 Å². The van der Waals surface area contributed by atoms with E-state index in [1.54, 1.807) is 6.07 Å². The van der Waals surface area contributed by atoms with Crippen LogP contribution in [0.1, 0.15) is 12.5 Å². The van der Waals surface area contributed by atoms with Crippen molar-refractivity contribution >= 4 is 15.9 Å². The third kappa shape index (κ3) is 3.36. The van der Waals surface area contributed by atoms with Gasteiger partial charge in [0.15, 0.2) is 0 Å². The standard InChI is InChI=1S/C10H13BrFNO/c1-7(6-14)13-5-8-2-3-9(11)10(12)4-8/h2-4,7,13-14H,5-6H2,1H3/t7-/m0/s1. The van der Waals surface area contributed by atoms with E-state index in [4.69, 9.17) is 5.11 Å². The fourth-order valence-electron chi connectivity index (χ4n) is 1.01. The highest BCUT2D eigenvalue weighted by Gasteiger charge is 2.02. The summed E-state index contributed by atoms with van der Waals surface area (Å²) in [6, 6.07) is 5.02. The summed E-state index contributed by atoms with van der Waals surface area (Å²) in [5.41, 5.74) is 0.867. The minimum Gasteiger partial charge on any atom is -0.395 e. The lowest BCUT2D eigenvalue weighted by Gasteiger charge is -2.10. The summed E-state index contributed by atoms with van der Waals surface area (Å²) in [4.78, 5) is 0. The number of halogens is 2. The van der Waals surface area contributed by atoms with Gasteiger partial charge in [0.1, 0.15) is 5.82 Å². The maximum absolute atomic E-state index is 13.1. The van der Waals surface area contributed by atoms with Crippen molar-refractivity contribution in [1.29, 1.82) is 0 Å². The predicted molar refractivity (Wildman–Crippen MR) is 57.5 cm³/mol. The Morgan fingerprint density at radius 3 is 2.86 bits per heavy atom. The van der Waals surface area contributed by atoms with Gasteiger partial charge in [0.05, 0.1) is 11.1 Å². The largest absolute Gasteiger partial charge is 0.395 e. The molecule has 0 aliphatic heterocycles. The van der Waals surface area contributed by atoms with E-state index in [1.165, 1.54) is 6.07 Å². The van der Waals surface area contributed by atoms with Gasteiger partial charge in [-0.15, -0.1) is 0 Å². The van der Waals surface area contributed by atoms with E-state index in [-0.39, 0.29) is 18.5 Å². The Morgan fingerprint density at radius 1 is 1.57 bits per heavy atom. The molecule has 2 nitrogen and oxygen atoms in total. The Morgan fingerprint density at radius 2 is 2.29 bits per heavy atom. The zero-order valence-electron chi connectivity index (χ0n) is 7.93. The molecule has 0 aliphatic carbocycles. The highest BCUT2D eigenvalue weighted by Crippen LogP contribution is 2.16. The van der Waals surface area contributed by atoms with Crippen LogP contribution in [-0.4, -0.2) is 17.8 Å². The highest BCUT2D eigenvalue weighted by atomic mass is 79.9. The molecule has 0 fully saturated rings. The lowest BCUT2D eigenvalue weighted by atomic mass is 10.2. The SMILES string of the molecule is C[C@@H](CO)NCc1ccc(Br)c(F)c1. The molecule has 0 bridgehead atoms. The van der Waals surface area contributed by atoms with E-state index in [1.807, 2.05) is 13.0 Å². The number of hydrogen-bond acceptors (Lipinski definition) is 2. The van der Waals surface area contributed by atoms with E-state index in [9.17, 15) is 4.39 Å². The molecular weight excluding hydrogens is 249 g/mol. The highest BCUT2D eigenvalue weighted by molar-refractivity contribution is 9.10. The summed E-state index contributed by atoms with van der Waals surface area (Å²) in [6.07, 6.45) is 0. The maximum atomic E-state index is 13.1. The summed E-state index contributed by atoms with van der Waals surface area (Å²) < 4.78 is 13.5. The average Bonchev–Trinajstić information content (AvgIpc) is 2.19. The predicted octanol–water partition coefficient (Wildman–Crippen LogP) is 2.06. The van der Waals surface area contributed by atoms with Gasteiger partial charge in [-0.1, -0.05) is 6.07 Å². The first-order valence-electron chi connectivity index (χ1n) is 4.41. The van der Waals surface area contributed by atoms with Crippen molar-refractivity contribution in [2.45, 2.75) is 19.5 Å². The van der Waals surface area contributed by atoms with Gasteiger partial charge in [-0.25, -0.2) is 4.39 Å². The molecule has 14 heavy (non-hydrogen) atoms. The Bertz CT molecular complexity index is 306. The maximum Gasteiger partial charge on any atom is 0.137 e. The minimum atomic E-state index is -0.263. The van der Waals surface area contributed by atoms with Crippen molar-refractivity contribution in [1.82, 2.24) is 5.32 Å². The number of benzene rings is 1. The third-order valence-electron chi connectivity index (χ3n) is 1.91. The van der Waals surface area contributed by atoms with Gasteiger partial charge in [0, 0.05) is 12.6 Å². The van der Waals surface area contributed by atoms with Crippen LogP contribution in [-0.2, 0) is 6.54 Å². The summed E-state index contributed by atoms with van der Waals surface area (Å²) in [5.74, 6) is -0.263. The van der Waals surface area contributed by atoms with Crippen molar-refractivity contribution in [2.75, 3.05) is 6.61 Å². The molecule has 0 amide bonds. The lowest BCUT2D eigenvalue weighted by molar-refractivity contribution is 0.251. The number of hydrogen-bond donors (Lipinski definition) is 2. The summed E-state index contributed by atoms with van der Waals surface area (Å²) >= 11 is 3.09. The smallest absolute Gasteiger partial charge is 0.137 e. The van der Waals surface area contributed by atoms with E-state index in [0.717, 1.165) is 5.56 Å². The molecule has 2 N–H and O–H groups in total. The van der Waals surface area contributed by atoms with E-state index in [0.29, 0.717) is 11.0 Å². The van der Waals surface area contributed by atoms with Crippen molar-refractivity contribution in [2.24, 2.45) is 0 Å². The van der Waals surface area contributed by atoms with Gasteiger partial charge in [-0.05, 0) is 40.5 Å². The molecule has 0 spiro atoms. The first-order valence-corrected chi connectivity index (χ1v) is 5.21. The Kier molecular flexibility index (Phi) is 4.51. The van der Waals surface area contributed by atoms with E-state index in [2.05, 4.69) is 21.2 Å². The van der Waals surface area contributed by atoms with Crippen LogP contribution in [0, 0.1) is 5.82 Å². The van der Waals surface area contributed by atoms with Crippen LogP contribution in [0.5, 0.6) is 0 Å². The Hall–Kier alpha value is -0.450. The summed E-state index contributed by atoms with van der Waals surface area (Å²) in [7, 11) is 0. The zero-order chi connectivity index (χ0) is 10.6. The quantitative estimate of drug-likeness (QED) is 0.870. The second-order valence-electron chi connectivity index (χ2n) is 3.21. The molecule has 0 saturated heterocycles. The van der Waals surface area contributed by atoms with Crippen LogP contribution in [0.3, 0.4) is 0 Å². The van der Waals surface area contributed by atoms with Crippen LogP contribution in [0.2, 0.25) is 0 Å². The lowest BCUT2D eigenvalue weighted by Crippen LogP contribution is -2.28. The molecule has 1 rings (SSSR count). The number of aliphatic hydroxyl groups excluding tert-OH is 1. The molecule has 4 heteroatoms. The third-order valence-corrected chi connectivity index (χ3v) is 2.56. The fraction of sp³-hybridized carbons (Fsp3) is 0.400. The van der Waals surface area contributed by atoms with Crippen LogP contribution in [0.4, 0.5) is 4.39 Å². The Labute approximate surface area is 91.3 Å². The molecular formula is C10H13BrFNO. The normalized spacial score (nSPS) is 12.9. The monoisotopic (exact) mass is 261 g/mol. The summed E-state index contributed by atoms with van der Waals surface area (Å²) in [5, 5.41) is 11.8. The first kappa shape index (κ1) is 11.6. The molecule has 78 valence electrons. The molecule has 1 aromatic rings. The second kappa shape index (κ2) is 5.44. The van der Waals surface area contributed by atoms with Gasteiger partial charge < -0.3 is 10.4 Å². The van der Waals surface area contributed by atoms with Crippen LogP contribution < -0.4 is 5.32 Å². The van der Waals surface area contributed by atoms with Gasteiger partial charge in [0.2, 0.25) is 0 Å². The van der Waals surface area contributed by atoms with Crippen molar-refractivity contribution in [3.05, 3.63) is 34.1 Å². The van der Waals surface area contributed by atoms with E-state index < -0.39 is 0 Å². The van der Waals surface area contributed by atoms with Crippen LogP contribution in [0.15, 0.2) is 22.7 Å². The molecule has 0 aliphatic rings. The number of rotatable bonds is 4. The topological polar surface area (TPSA) is 32.3 Å². The minimum absolute atomic E-state index is 0.0294. The van der Waals surface area contributed by atoms with Gasteiger partial charge in [-0.2, -0.15) is 0 Å². The molecule has 0 radical (unpaired) electrons. The number of aliphatic hydroxyl groups is 1. The molecule has 0 heterocycles. The fourth-order valence-corrected chi connectivity index (χ4v) is 1.25.